The van der Waals surface area contributed by atoms with E-state index in [1.807, 2.05) is 0 Å². The highest BCUT2D eigenvalue weighted by atomic mass is 32.2. The number of piperazine rings is 1. The van der Waals surface area contributed by atoms with Crippen molar-refractivity contribution in [3.05, 3.63) is 60.2 Å². The highest BCUT2D eigenvalue weighted by molar-refractivity contribution is 7.92. The summed E-state index contributed by atoms with van der Waals surface area (Å²) in [6.45, 7) is 2.81. The summed E-state index contributed by atoms with van der Waals surface area (Å²) in [5.41, 5.74) is 0.120. The van der Waals surface area contributed by atoms with Gasteiger partial charge in [0, 0.05) is 31.9 Å². The molecular weight excluding hydrogens is 431 g/mol. The lowest BCUT2D eigenvalue weighted by atomic mass is 10.1. The summed E-state index contributed by atoms with van der Waals surface area (Å²) < 4.78 is 64.8. The minimum absolute atomic E-state index is 0.284. The number of halogens is 3. The average Bonchev–Trinajstić information content (AvgIpc) is 2.72. The molecule has 0 bridgehead atoms. The largest absolute Gasteiger partial charge is 0.416 e. The molecule has 31 heavy (non-hydrogen) atoms. The summed E-state index contributed by atoms with van der Waals surface area (Å²) in [6, 6.07) is 12.5. The van der Waals surface area contributed by atoms with Gasteiger partial charge in [-0.05, 0) is 37.3 Å². The van der Waals surface area contributed by atoms with Crippen LogP contribution in [0.2, 0.25) is 0 Å². The number of para-hydroxylation sites is 1. The Hall–Kier alpha value is -2.75. The smallest absolute Gasteiger partial charge is 0.368 e. The van der Waals surface area contributed by atoms with Crippen molar-refractivity contribution in [1.82, 2.24) is 4.90 Å². The highest BCUT2D eigenvalue weighted by Gasteiger charge is 2.34. The van der Waals surface area contributed by atoms with E-state index in [4.69, 9.17) is 0 Å². The zero-order chi connectivity index (χ0) is 22.8. The van der Waals surface area contributed by atoms with Gasteiger partial charge in [0.05, 0.1) is 17.5 Å². The van der Waals surface area contributed by atoms with E-state index in [1.54, 1.807) is 46.2 Å². The SMILES string of the molecule is C[C@@H](C(=O)N1CCN(c2cccc(C(F)(F)F)c2)CC1)N(c1ccccc1)S(C)(=O)=O. The van der Waals surface area contributed by atoms with Crippen LogP contribution in [0.3, 0.4) is 0 Å². The van der Waals surface area contributed by atoms with E-state index in [-0.39, 0.29) is 19.0 Å². The Balaban J connectivity index is 1.71. The van der Waals surface area contributed by atoms with Gasteiger partial charge in [0.15, 0.2) is 0 Å². The van der Waals surface area contributed by atoms with Crippen LogP contribution in [-0.2, 0) is 21.0 Å². The molecule has 1 heterocycles. The van der Waals surface area contributed by atoms with Crippen molar-refractivity contribution >= 4 is 27.3 Å². The molecule has 2 aromatic rings. The first-order valence-corrected chi connectivity index (χ1v) is 11.6. The maximum Gasteiger partial charge on any atom is 0.416 e. The molecule has 1 fully saturated rings. The summed E-state index contributed by atoms with van der Waals surface area (Å²) >= 11 is 0. The number of carbonyl (C=O) groups is 1. The van der Waals surface area contributed by atoms with Crippen LogP contribution < -0.4 is 9.21 Å². The van der Waals surface area contributed by atoms with Crippen LogP contribution in [0.4, 0.5) is 24.5 Å². The van der Waals surface area contributed by atoms with E-state index in [9.17, 15) is 26.4 Å². The summed E-state index contributed by atoms with van der Waals surface area (Å²) in [7, 11) is -3.70. The number of hydrogen-bond donors (Lipinski definition) is 0. The summed E-state index contributed by atoms with van der Waals surface area (Å²) in [6.07, 6.45) is -3.37. The third-order valence-electron chi connectivity index (χ3n) is 5.21. The van der Waals surface area contributed by atoms with Gasteiger partial charge in [-0.1, -0.05) is 24.3 Å². The number of sulfonamides is 1. The van der Waals surface area contributed by atoms with Crippen molar-refractivity contribution in [2.24, 2.45) is 0 Å². The van der Waals surface area contributed by atoms with Crippen LogP contribution >= 0.6 is 0 Å². The molecule has 0 spiro atoms. The Morgan fingerprint density at radius 1 is 1.00 bits per heavy atom. The minimum Gasteiger partial charge on any atom is -0.368 e. The van der Waals surface area contributed by atoms with Gasteiger partial charge in [-0.3, -0.25) is 9.10 Å². The predicted octanol–water partition coefficient (Wildman–Crippen LogP) is 3.21. The molecule has 168 valence electrons. The first-order valence-electron chi connectivity index (χ1n) is 9.74. The Kier molecular flexibility index (Phi) is 6.49. The molecular formula is C21H24F3N3O3S. The van der Waals surface area contributed by atoms with Crippen LogP contribution in [-0.4, -0.2) is 57.7 Å². The van der Waals surface area contributed by atoms with Crippen LogP contribution in [0.15, 0.2) is 54.6 Å². The molecule has 0 aromatic heterocycles. The van der Waals surface area contributed by atoms with Crippen molar-refractivity contribution in [2.75, 3.05) is 41.6 Å². The van der Waals surface area contributed by atoms with E-state index in [1.165, 1.54) is 13.0 Å². The molecule has 0 aliphatic carbocycles. The van der Waals surface area contributed by atoms with Gasteiger partial charge in [-0.25, -0.2) is 8.42 Å². The molecule has 2 aromatic carbocycles. The quantitative estimate of drug-likeness (QED) is 0.695. The second-order valence-corrected chi connectivity index (χ2v) is 9.29. The molecule has 0 radical (unpaired) electrons. The summed E-state index contributed by atoms with van der Waals surface area (Å²) in [5.74, 6) is -0.349. The number of alkyl halides is 3. The molecule has 0 N–H and O–H groups in total. The predicted molar refractivity (Wildman–Crippen MR) is 113 cm³/mol. The molecule has 6 nitrogen and oxygen atoms in total. The van der Waals surface area contributed by atoms with E-state index < -0.39 is 27.8 Å². The number of nitrogens with zero attached hydrogens (tertiary/aromatic N) is 3. The third-order valence-corrected chi connectivity index (χ3v) is 6.45. The normalized spacial score (nSPS) is 16.2. The fourth-order valence-electron chi connectivity index (χ4n) is 3.71. The Morgan fingerprint density at radius 3 is 2.16 bits per heavy atom. The van der Waals surface area contributed by atoms with Crippen LogP contribution in [0.1, 0.15) is 12.5 Å². The van der Waals surface area contributed by atoms with Crippen molar-refractivity contribution in [3.8, 4) is 0 Å². The Bertz CT molecular complexity index is 1020. The maximum absolute atomic E-state index is 13.0. The van der Waals surface area contributed by atoms with Crippen LogP contribution in [0.5, 0.6) is 0 Å². The monoisotopic (exact) mass is 455 g/mol. The molecule has 3 rings (SSSR count). The number of benzene rings is 2. The topological polar surface area (TPSA) is 60.9 Å². The number of rotatable bonds is 5. The van der Waals surface area contributed by atoms with E-state index in [0.717, 1.165) is 22.7 Å². The standard InChI is InChI=1S/C21H24F3N3O3S/c1-16(27(31(2,29)30)18-8-4-3-5-9-18)20(28)26-13-11-25(12-14-26)19-10-6-7-17(15-19)21(22,23)24/h3-10,15-16H,11-14H2,1-2H3/t16-/m0/s1. The van der Waals surface area contributed by atoms with E-state index in [2.05, 4.69) is 0 Å². The Morgan fingerprint density at radius 2 is 1.61 bits per heavy atom. The molecule has 1 atom stereocenters. The number of amides is 1. The molecule has 1 aliphatic rings. The number of hydrogen-bond acceptors (Lipinski definition) is 4. The van der Waals surface area contributed by atoms with Gasteiger partial charge >= 0.3 is 6.18 Å². The average molecular weight is 456 g/mol. The summed E-state index contributed by atoms with van der Waals surface area (Å²) in [5, 5.41) is 0. The zero-order valence-corrected chi connectivity index (χ0v) is 18.0. The third kappa shape index (κ3) is 5.30. The minimum atomic E-state index is -4.42. The van der Waals surface area contributed by atoms with E-state index >= 15 is 0 Å². The highest BCUT2D eigenvalue weighted by Crippen LogP contribution is 2.32. The first kappa shape index (κ1) is 22.9. The van der Waals surface area contributed by atoms with Crippen molar-refractivity contribution in [3.63, 3.8) is 0 Å². The molecule has 10 heteroatoms. The molecule has 0 unspecified atom stereocenters. The van der Waals surface area contributed by atoms with Gasteiger partial charge in [0.1, 0.15) is 6.04 Å². The fraction of sp³-hybridized carbons (Fsp3) is 0.381. The van der Waals surface area contributed by atoms with Gasteiger partial charge in [-0.2, -0.15) is 13.2 Å². The molecule has 1 aliphatic heterocycles. The number of carbonyl (C=O) groups excluding carboxylic acids is 1. The first-order chi connectivity index (χ1) is 14.5. The van der Waals surface area contributed by atoms with Gasteiger partial charge in [-0.15, -0.1) is 0 Å². The van der Waals surface area contributed by atoms with E-state index in [0.29, 0.717) is 24.5 Å². The van der Waals surface area contributed by atoms with Crippen LogP contribution in [0.25, 0.3) is 0 Å². The van der Waals surface area contributed by atoms with Crippen LogP contribution in [0, 0.1) is 0 Å². The number of anilines is 2. The lowest BCUT2D eigenvalue weighted by Crippen LogP contribution is -2.55. The van der Waals surface area contributed by atoms with Gasteiger partial charge in [0.25, 0.3) is 0 Å². The molecule has 0 saturated carbocycles. The second-order valence-electron chi connectivity index (χ2n) is 7.43. The maximum atomic E-state index is 13.0. The summed E-state index contributed by atoms with van der Waals surface area (Å²) in [4.78, 5) is 16.4. The zero-order valence-electron chi connectivity index (χ0n) is 17.2. The lowest BCUT2D eigenvalue weighted by molar-refractivity contribution is -0.137. The van der Waals surface area contributed by atoms with Crippen molar-refractivity contribution in [2.45, 2.75) is 19.1 Å². The Labute approximate surface area is 179 Å². The van der Waals surface area contributed by atoms with Gasteiger partial charge in [0.2, 0.25) is 15.9 Å². The van der Waals surface area contributed by atoms with Crippen molar-refractivity contribution < 1.29 is 26.4 Å². The molecule has 1 saturated heterocycles. The molecule has 1 amide bonds. The van der Waals surface area contributed by atoms with Crippen molar-refractivity contribution in [1.29, 1.82) is 0 Å². The lowest BCUT2D eigenvalue weighted by Gasteiger charge is -2.39. The van der Waals surface area contributed by atoms with Gasteiger partial charge < -0.3 is 9.80 Å². The second kappa shape index (κ2) is 8.78. The fourth-order valence-corrected chi connectivity index (χ4v) is 4.87.